The van der Waals surface area contributed by atoms with Gasteiger partial charge in [0.2, 0.25) is 5.95 Å². The number of β-amino-alcohol motifs (C(OH)–C–C–N with tert-alkyl or cyclic N) is 1. The van der Waals surface area contributed by atoms with E-state index in [4.69, 9.17) is 4.98 Å². The van der Waals surface area contributed by atoms with Gasteiger partial charge in [0.25, 0.3) is 0 Å². The highest BCUT2D eigenvalue weighted by Gasteiger charge is 2.48. The van der Waals surface area contributed by atoms with E-state index in [1.807, 2.05) is 30.3 Å². The number of benzene rings is 3. The molecule has 0 aliphatic carbocycles. The second kappa shape index (κ2) is 8.84. The number of aromatic nitrogens is 2. The standard InChI is InChI=1S/C29H28FN5O4/c30-25-21(23-10-19(37)9-16-3-1-2-4-20(16)23)7-8-22-26(25)32-28(35-14-29(39,15-35)24(38)13-36)33-27(22)34-11-17-5-6-18(12-34)31-17/h1-4,7-10,17-18,31,36-37,39H,5-6,11-15H2/t17-,18+. The van der Waals surface area contributed by atoms with Crippen LogP contribution in [0.1, 0.15) is 12.8 Å². The van der Waals surface area contributed by atoms with Gasteiger partial charge in [-0.05, 0) is 47.4 Å². The molecule has 1 aromatic heterocycles. The molecule has 2 atom stereocenters. The van der Waals surface area contributed by atoms with Crippen LogP contribution in [-0.2, 0) is 4.79 Å². The van der Waals surface area contributed by atoms with Crippen molar-refractivity contribution in [2.24, 2.45) is 0 Å². The Morgan fingerprint density at radius 1 is 1.00 bits per heavy atom. The zero-order valence-electron chi connectivity index (χ0n) is 21.1. The van der Waals surface area contributed by atoms with Crippen LogP contribution >= 0.6 is 0 Å². The van der Waals surface area contributed by atoms with Crippen molar-refractivity contribution in [1.29, 1.82) is 0 Å². The lowest BCUT2D eigenvalue weighted by Gasteiger charge is -2.45. The number of phenols is 1. The molecule has 2 bridgehead atoms. The van der Waals surface area contributed by atoms with Crippen LogP contribution in [0.5, 0.6) is 5.75 Å². The zero-order chi connectivity index (χ0) is 26.9. The van der Waals surface area contributed by atoms with Gasteiger partial charge >= 0.3 is 0 Å². The Morgan fingerprint density at radius 2 is 1.74 bits per heavy atom. The van der Waals surface area contributed by atoms with Crippen molar-refractivity contribution in [3.63, 3.8) is 0 Å². The largest absolute Gasteiger partial charge is 0.508 e. The number of carbonyl (C=O) groups is 1. The van der Waals surface area contributed by atoms with Gasteiger partial charge in [0.1, 0.15) is 23.7 Å². The number of fused-ring (bicyclic) bond motifs is 4. The summed E-state index contributed by atoms with van der Waals surface area (Å²) in [5.41, 5.74) is -0.683. The van der Waals surface area contributed by atoms with Crippen LogP contribution in [0, 0.1) is 5.82 Å². The molecule has 200 valence electrons. The molecule has 4 aromatic rings. The summed E-state index contributed by atoms with van der Waals surface area (Å²) >= 11 is 0. The first kappa shape index (κ1) is 24.2. The number of hydrogen-bond donors (Lipinski definition) is 4. The Balaban J connectivity index is 1.38. The fourth-order valence-electron chi connectivity index (χ4n) is 6.26. The fraction of sp³-hybridized carbons (Fsp3) is 0.345. The van der Waals surface area contributed by atoms with Gasteiger partial charge in [0, 0.05) is 36.1 Å². The molecule has 0 saturated carbocycles. The number of aliphatic hydroxyl groups is 2. The van der Waals surface area contributed by atoms with Gasteiger partial charge in [0.15, 0.2) is 17.2 Å². The smallest absolute Gasteiger partial charge is 0.228 e. The molecule has 3 fully saturated rings. The third-order valence-electron chi connectivity index (χ3n) is 8.28. The number of aliphatic hydroxyl groups excluding tert-OH is 1. The number of hydrogen-bond acceptors (Lipinski definition) is 9. The molecule has 39 heavy (non-hydrogen) atoms. The minimum Gasteiger partial charge on any atom is -0.508 e. The van der Waals surface area contributed by atoms with E-state index in [0.29, 0.717) is 34.4 Å². The monoisotopic (exact) mass is 529 g/mol. The van der Waals surface area contributed by atoms with Crippen molar-refractivity contribution in [3.8, 4) is 16.9 Å². The van der Waals surface area contributed by atoms with Gasteiger partial charge in [-0.2, -0.15) is 4.98 Å². The summed E-state index contributed by atoms with van der Waals surface area (Å²) in [6.07, 6.45) is 2.14. The molecule has 9 nitrogen and oxygen atoms in total. The van der Waals surface area contributed by atoms with Crippen LogP contribution in [-0.4, -0.2) is 81.5 Å². The average molecular weight is 530 g/mol. The molecule has 4 N–H and O–H groups in total. The number of carbonyl (C=O) groups excluding carboxylic acids is 1. The molecule has 3 aliphatic heterocycles. The first-order chi connectivity index (χ1) is 18.8. The van der Waals surface area contributed by atoms with Crippen molar-refractivity contribution < 1.29 is 24.5 Å². The molecule has 4 heterocycles. The number of rotatable bonds is 5. The van der Waals surface area contributed by atoms with Gasteiger partial charge in [0.05, 0.1) is 13.1 Å². The minimum atomic E-state index is -1.68. The topological polar surface area (TPSA) is 122 Å². The van der Waals surface area contributed by atoms with Gasteiger partial charge < -0.3 is 30.4 Å². The van der Waals surface area contributed by atoms with Crippen LogP contribution in [0.15, 0.2) is 48.5 Å². The normalized spacial score (nSPS) is 21.9. The summed E-state index contributed by atoms with van der Waals surface area (Å²) in [5, 5.41) is 36.0. The maximum Gasteiger partial charge on any atom is 0.228 e. The number of nitrogens with zero attached hydrogens (tertiary/aromatic N) is 4. The Kier molecular flexibility index (Phi) is 5.48. The van der Waals surface area contributed by atoms with Crippen LogP contribution in [0.25, 0.3) is 32.8 Å². The van der Waals surface area contributed by atoms with E-state index < -0.39 is 23.8 Å². The molecule has 3 aliphatic rings. The molecule has 0 radical (unpaired) electrons. The maximum atomic E-state index is 16.5. The number of halogens is 1. The maximum absolute atomic E-state index is 16.5. The molecule has 10 heteroatoms. The molecule has 0 spiro atoms. The highest BCUT2D eigenvalue weighted by atomic mass is 19.1. The van der Waals surface area contributed by atoms with Gasteiger partial charge in [-0.25, -0.2) is 9.37 Å². The van der Waals surface area contributed by atoms with Crippen molar-refractivity contribution >= 4 is 39.2 Å². The summed E-state index contributed by atoms with van der Waals surface area (Å²) < 4.78 is 16.5. The molecule has 0 unspecified atom stereocenters. The van der Waals surface area contributed by atoms with E-state index in [0.717, 1.165) is 36.7 Å². The van der Waals surface area contributed by atoms with Gasteiger partial charge in [-0.1, -0.05) is 30.3 Å². The number of Topliss-reactive ketones (excluding diaryl/α,β-unsaturated/α-hetero) is 1. The van der Waals surface area contributed by atoms with E-state index in [1.54, 1.807) is 23.1 Å². The second-order valence-electron chi connectivity index (χ2n) is 10.9. The predicted molar refractivity (Wildman–Crippen MR) is 146 cm³/mol. The quantitative estimate of drug-likeness (QED) is 0.309. The Hall–Kier alpha value is -3.86. The molecule has 0 amide bonds. The Morgan fingerprint density at radius 3 is 2.49 bits per heavy atom. The zero-order valence-corrected chi connectivity index (χ0v) is 21.1. The number of aromatic hydroxyl groups is 1. The summed E-state index contributed by atoms with van der Waals surface area (Å²) in [4.78, 5) is 25.2. The third kappa shape index (κ3) is 3.90. The molecular weight excluding hydrogens is 501 g/mol. The van der Waals surface area contributed by atoms with Crippen molar-refractivity contribution in [2.75, 3.05) is 42.6 Å². The van der Waals surface area contributed by atoms with Crippen LogP contribution in [0.2, 0.25) is 0 Å². The fourth-order valence-corrected chi connectivity index (χ4v) is 6.26. The number of anilines is 2. The summed E-state index contributed by atoms with van der Waals surface area (Å²) in [6, 6.07) is 14.9. The SMILES string of the molecule is O=C(CO)C1(O)CN(c2nc(N3C[C@H]4CC[C@@H](C3)N4)c3ccc(-c4cc(O)cc5ccccc45)c(F)c3n2)C1. The predicted octanol–water partition coefficient (Wildman–Crippen LogP) is 2.35. The number of phenolic OH excluding ortho intramolecular Hbond substituents is 1. The van der Waals surface area contributed by atoms with E-state index in [1.165, 1.54) is 0 Å². The lowest BCUT2D eigenvalue weighted by Crippen LogP contribution is -2.67. The highest BCUT2D eigenvalue weighted by molar-refractivity contribution is 6.01. The second-order valence-corrected chi connectivity index (χ2v) is 10.9. The molecule has 3 aromatic carbocycles. The number of nitrogens with one attached hydrogen (secondary N) is 1. The molecule has 7 rings (SSSR count). The Bertz CT molecular complexity index is 1630. The van der Waals surface area contributed by atoms with Crippen LogP contribution in [0.3, 0.4) is 0 Å². The first-order valence-corrected chi connectivity index (χ1v) is 13.2. The number of ketones is 1. The third-order valence-corrected chi connectivity index (χ3v) is 8.28. The van der Waals surface area contributed by atoms with Crippen LogP contribution in [0.4, 0.5) is 16.2 Å². The van der Waals surface area contributed by atoms with Crippen molar-refractivity contribution in [3.05, 3.63) is 54.3 Å². The van der Waals surface area contributed by atoms with E-state index in [-0.39, 0.29) is 30.3 Å². The lowest BCUT2D eigenvalue weighted by molar-refractivity contribution is -0.142. The lowest BCUT2D eigenvalue weighted by atomic mass is 9.90. The van der Waals surface area contributed by atoms with E-state index in [2.05, 4.69) is 15.2 Å². The summed E-state index contributed by atoms with van der Waals surface area (Å²) in [5.74, 6) is -0.327. The van der Waals surface area contributed by atoms with E-state index >= 15 is 4.39 Å². The average Bonchev–Trinajstić information content (AvgIpc) is 3.27. The Labute approximate surface area is 223 Å². The summed E-state index contributed by atoms with van der Waals surface area (Å²) in [6.45, 7) is 0.546. The first-order valence-electron chi connectivity index (χ1n) is 13.2. The van der Waals surface area contributed by atoms with E-state index in [9.17, 15) is 20.1 Å². The molecular formula is C29H28FN5O4. The molecule has 3 saturated heterocycles. The minimum absolute atomic E-state index is 0.0389. The number of piperazine rings is 1. The highest BCUT2D eigenvalue weighted by Crippen LogP contribution is 2.39. The van der Waals surface area contributed by atoms with Crippen LogP contribution < -0.4 is 15.1 Å². The van der Waals surface area contributed by atoms with Gasteiger partial charge in [-0.3, -0.25) is 4.79 Å². The van der Waals surface area contributed by atoms with Crippen molar-refractivity contribution in [1.82, 2.24) is 15.3 Å². The van der Waals surface area contributed by atoms with Crippen molar-refractivity contribution in [2.45, 2.75) is 30.5 Å². The van der Waals surface area contributed by atoms with Gasteiger partial charge in [-0.15, -0.1) is 0 Å². The summed E-state index contributed by atoms with van der Waals surface area (Å²) in [7, 11) is 0.